The number of rotatable bonds is 8. The molecule has 114 valence electrons. The van der Waals surface area contributed by atoms with E-state index in [0.29, 0.717) is 24.3 Å². The first-order valence-corrected chi connectivity index (χ1v) is 7.65. The van der Waals surface area contributed by atoms with E-state index in [0.717, 1.165) is 12.2 Å². The molecule has 3 N–H and O–H groups in total. The normalized spacial score (nSPS) is 11.6. The van der Waals surface area contributed by atoms with Gasteiger partial charge in [-0.25, -0.2) is 4.39 Å². The second kappa shape index (κ2) is 10.9. The number of benzene rings is 1. The minimum absolute atomic E-state index is 0. The zero-order valence-electron chi connectivity index (χ0n) is 11.6. The van der Waals surface area contributed by atoms with Gasteiger partial charge in [-0.15, -0.1) is 12.4 Å². The summed E-state index contributed by atoms with van der Waals surface area (Å²) in [6.07, 6.45) is 1.60. The van der Waals surface area contributed by atoms with Crippen molar-refractivity contribution >= 4 is 30.1 Å². The highest BCUT2D eigenvalue weighted by molar-refractivity contribution is 7.98. The molecule has 0 aliphatic carbocycles. The van der Waals surface area contributed by atoms with Crippen LogP contribution in [0.2, 0.25) is 0 Å². The summed E-state index contributed by atoms with van der Waals surface area (Å²) in [4.78, 5) is 11.5. The molecule has 1 aromatic carbocycles. The van der Waals surface area contributed by atoms with Crippen molar-refractivity contribution in [1.82, 2.24) is 5.32 Å². The molecule has 0 heterocycles. The minimum Gasteiger partial charge on any atom is -0.354 e. The van der Waals surface area contributed by atoms with Crippen LogP contribution in [-0.4, -0.2) is 24.2 Å². The zero-order valence-corrected chi connectivity index (χ0v) is 13.2. The second-order valence-corrected chi connectivity index (χ2v) is 5.44. The highest BCUT2D eigenvalue weighted by Crippen LogP contribution is 2.14. The van der Waals surface area contributed by atoms with Crippen LogP contribution in [0.4, 0.5) is 4.39 Å². The predicted octanol–water partition coefficient (Wildman–Crippen LogP) is 2.72. The molecule has 0 aliphatic heterocycles. The average Bonchev–Trinajstić information content (AvgIpc) is 2.40. The molecular formula is C14H22ClFN2OS. The largest absolute Gasteiger partial charge is 0.354 e. The number of nitrogens with two attached hydrogens (primary N) is 1. The maximum Gasteiger partial charge on any atom is 0.236 e. The fourth-order valence-electron chi connectivity index (χ4n) is 1.62. The van der Waals surface area contributed by atoms with Gasteiger partial charge < -0.3 is 11.1 Å². The molecule has 1 rings (SSSR count). The smallest absolute Gasteiger partial charge is 0.236 e. The Hall–Kier alpha value is -0.780. The molecule has 1 amide bonds. The van der Waals surface area contributed by atoms with Crippen LogP contribution >= 0.6 is 24.2 Å². The van der Waals surface area contributed by atoms with Crippen molar-refractivity contribution in [2.75, 3.05) is 12.3 Å². The molecule has 3 nitrogen and oxygen atoms in total. The van der Waals surface area contributed by atoms with E-state index in [2.05, 4.69) is 5.32 Å². The third-order valence-corrected chi connectivity index (χ3v) is 3.71. The summed E-state index contributed by atoms with van der Waals surface area (Å²) in [6.45, 7) is 2.56. The zero-order chi connectivity index (χ0) is 14.1. The highest BCUT2D eigenvalue weighted by Gasteiger charge is 2.10. The summed E-state index contributed by atoms with van der Waals surface area (Å²) in [6, 6.07) is 6.32. The lowest BCUT2D eigenvalue weighted by Crippen LogP contribution is -2.41. The minimum atomic E-state index is -0.415. The average molecular weight is 321 g/mol. The Morgan fingerprint density at radius 2 is 2.15 bits per heavy atom. The maximum absolute atomic E-state index is 13.3. The molecule has 0 spiro atoms. The topological polar surface area (TPSA) is 55.1 Å². The van der Waals surface area contributed by atoms with Gasteiger partial charge in [0, 0.05) is 18.1 Å². The molecule has 0 saturated heterocycles. The molecule has 1 atom stereocenters. The van der Waals surface area contributed by atoms with Gasteiger partial charge in [-0.05, 0) is 18.1 Å². The molecule has 1 aromatic rings. The Labute approximate surface area is 130 Å². The Bertz CT molecular complexity index is 407. The quantitative estimate of drug-likeness (QED) is 0.724. The van der Waals surface area contributed by atoms with E-state index in [-0.39, 0.29) is 24.1 Å². The van der Waals surface area contributed by atoms with Crippen LogP contribution in [0.25, 0.3) is 0 Å². The van der Waals surface area contributed by atoms with Gasteiger partial charge in [0.15, 0.2) is 0 Å². The Morgan fingerprint density at radius 3 is 2.80 bits per heavy atom. The number of carbonyl (C=O) groups is 1. The molecule has 0 aromatic heterocycles. The fraction of sp³-hybridized carbons (Fsp3) is 0.500. The van der Waals surface area contributed by atoms with Crippen molar-refractivity contribution in [2.24, 2.45) is 5.73 Å². The van der Waals surface area contributed by atoms with Crippen LogP contribution in [0.15, 0.2) is 24.3 Å². The standard InChI is InChI=1S/C14H21FN2OS.ClH/c1-2-5-13(16)14(18)17-8-9-19-10-11-6-3-4-7-12(11)15;/h3-4,6-7,13H,2,5,8-10,16H2,1H3,(H,17,18);1H. The Balaban J connectivity index is 0.00000361. The lowest BCUT2D eigenvalue weighted by Gasteiger charge is -2.10. The molecule has 1 unspecified atom stereocenters. The highest BCUT2D eigenvalue weighted by atomic mass is 35.5. The number of thioether (sulfide) groups is 1. The number of nitrogens with one attached hydrogen (secondary N) is 1. The number of amides is 1. The van der Waals surface area contributed by atoms with E-state index in [1.807, 2.05) is 13.0 Å². The lowest BCUT2D eigenvalue weighted by atomic mass is 10.2. The summed E-state index contributed by atoms with van der Waals surface area (Å²) >= 11 is 1.59. The third-order valence-electron chi connectivity index (χ3n) is 2.70. The molecule has 0 fully saturated rings. The SMILES string of the molecule is CCCC(N)C(=O)NCCSCc1ccccc1F.Cl. The van der Waals surface area contributed by atoms with E-state index in [1.165, 1.54) is 6.07 Å². The van der Waals surface area contributed by atoms with Gasteiger partial charge in [0.05, 0.1) is 6.04 Å². The van der Waals surface area contributed by atoms with Crippen molar-refractivity contribution < 1.29 is 9.18 Å². The van der Waals surface area contributed by atoms with Gasteiger partial charge in [0.2, 0.25) is 5.91 Å². The molecule has 0 bridgehead atoms. The van der Waals surface area contributed by atoms with Gasteiger partial charge in [0.25, 0.3) is 0 Å². The molecule has 6 heteroatoms. The lowest BCUT2D eigenvalue weighted by molar-refractivity contribution is -0.122. The number of hydrogen-bond donors (Lipinski definition) is 2. The van der Waals surface area contributed by atoms with Crippen molar-refractivity contribution in [1.29, 1.82) is 0 Å². The van der Waals surface area contributed by atoms with E-state index in [4.69, 9.17) is 5.73 Å². The number of halogens is 2. The maximum atomic E-state index is 13.3. The van der Waals surface area contributed by atoms with Gasteiger partial charge in [-0.1, -0.05) is 31.5 Å². The monoisotopic (exact) mass is 320 g/mol. The summed E-state index contributed by atoms with van der Waals surface area (Å²) in [5.74, 6) is 1.08. The Morgan fingerprint density at radius 1 is 1.45 bits per heavy atom. The van der Waals surface area contributed by atoms with Crippen LogP contribution in [0.3, 0.4) is 0 Å². The van der Waals surface area contributed by atoms with Crippen LogP contribution in [0, 0.1) is 5.82 Å². The van der Waals surface area contributed by atoms with E-state index in [9.17, 15) is 9.18 Å². The second-order valence-electron chi connectivity index (χ2n) is 4.33. The van der Waals surface area contributed by atoms with Crippen LogP contribution < -0.4 is 11.1 Å². The van der Waals surface area contributed by atoms with Gasteiger partial charge in [-0.3, -0.25) is 4.79 Å². The molecule has 20 heavy (non-hydrogen) atoms. The van der Waals surface area contributed by atoms with Gasteiger partial charge in [0.1, 0.15) is 5.82 Å². The molecular weight excluding hydrogens is 299 g/mol. The molecule has 0 aliphatic rings. The third kappa shape index (κ3) is 7.12. The molecule has 0 radical (unpaired) electrons. The van der Waals surface area contributed by atoms with Crippen molar-refractivity contribution in [3.8, 4) is 0 Å². The Kier molecular flexibility index (Phi) is 10.5. The van der Waals surface area contributed by atoms with Gasteiger partial charge in [-0.2, -0.15) is 11.8 Å². The van der Waals surface area contributed by atoms with Crippen molar-refractivity contribution in [3.63, 3.8) is 0 Å². The first-order valence-electron chi connectivity index (χ1n) is 6.49. The fourth-order valence-corrected chi connectivity index (χ4v) is 2.46. The van der Waals surface area contributed by atoms with Crippen molar-refractivity contribution in [2.45, 2.75) is 31.6 Å². The van der Waals surface area contributed by atoms with Crippen LogP contribution in [0.5, 0.6) is 0 Å². The van der Waals surface area contributed by atoms with Crippen molar-refractivity contribution in [3.05, 3.63) is 35.6 Å². The van der Waals surface area contributed by atoms with E-state index < -0.39 is 6.04 Å². The predicted molar refractivity (Wildman–Crippen MR) is 85.7 cm³/mol. The summed E-state index contributed by atoms with van der Waals surface area (Å²) in [5, 5.41) is 2.79. The summed E-state index contributed by atoms with van der Waals surface area (Å²) < 4.78 is 13.3. The first kappa shape index (κ1) is 19.2. The summed E-state index contributed by atoms with van der Waals surface area (Å²) in [5.41, 5.74) is 6.38. The number of carbonyl (C=O) groups excluding carboxylic acids is 1. The van der Waals surface area contributed by atoms with Crippen LogP contribution in [0.1, 0.15) is 25.3 Å². The van der Waals surface area contributed by atoms with E-state index >= 15 is 0 Å². The molecule has 0 saturated carbocycles. The van der Waals surface area contributed by atoms with Gasteiger partial charge >= 0.3 is 0 Å². The van der Waals surface area contributed by atoms with E-state index in [1.54, 1.807) is 23.9 Å². The van der Waals surface area contributed by atoms with Crippen LogP contribution in [-0.2, 0) is 10.5 Å². The first-order chi connectivity index (χ1) is 9.15. The summed E-state index contributed by atoms with van der Waals surface area (Å²) in [7, 11) is 0. The number of hydrogen-bond acceptors (Lipinski definition) is 3.